The smallest absolute Gasteiger partial charge is 0.240 e. The zero-order valence-electron chi connectivity index (χ0n) is 13.3. The number of rotatable bonds is 3. The number of epoxide rings is 1. The van der Waals surface area contributed by atoms with Crippen LogP contribution in [0.4, 0.5) is 11.4 Å². The molecule has 0 aliphatic carbocycles. The molecule has 0 aromatic heterocycles. The first-order valence-corrected chi connectivity index (χ1v) is 9.55. The minimum atomic E-state index is -3.84. The Labute approximate surface area is 141 Å². The van der Waals surface area contributed by atoms with Gasteiger partial charge in [-0.05, 0) is 12.1 Å². The Hall–Kier alpha value is -1.39. The number of para-hydroxylation sites is 1. The van der Waals surface area contributed by atoms with Crippen LogP contribution in [0.15, 0.2) is 23.1 Å². The number of anilines is 2. The van der Waals surface area contributed by atoms with E-state index in [1.807, 2.05) is 11.0 Å². The summed E-state index contributed by atoms with van der Waals surface area (Å²) >= 11 is 0. The quantitative estimate of drug-likeness (QED) is 0.746. The minimum Gasteiger partial charge on any atom is -0.378 e. The van der Waals surface area contributed by atoms with Crippen LogP contribution < -0.4 is 14.9 Å². The van der Waals surface area contributed by atoms with Crippen LogP contribution in [0.25, 0.3) is 0 Å². The third-order valence-electron chi connectivity index (χ3n) is 4.58. The van der Waals surface area contributed by atoms with Crippen molar-refractivity contribution in [3.8, 4) is 0 Å². The first-order valence-electron chi connectivity index (χ1n) is 8.00. The minimum absolute atomic E-state index is 0.143. The maximum absolute atomic E-state index is 12.2. The molecule has 9 heteroatoms. The summed E-state index contributed by atoms with van der Waals surface area (Å²) in [4.78, 5) is 4.30. The topological polar surface area (TPSA) is 97.6 Å². The highest BCUT2D eigenvalue weighted by Gasteiger charge is 2.50. The maximum Gasteiger partial charge on any atom is 0.240 e. The van der Waals surface area contributed by atoms with Crippen LogP contribution in [0, 0.1) is 0 Å². The highest BCUT2D eigenvalue weighted by atomic mass is 32.2. The largest absolute Gasteiger partial charge is 0.378 e. The molecule has 1 unspecified atom stereocenters. The summed E-state index contributed by atoms with van der Waals surface area (Å²) in [5, 5.41) is 5.49. The van der Waals surface area contributed by atoms with Gasteiger partial charge >= 0.3 is 0 Å². The molecule has 24 heavy (non-hydrogen) atoms. The zero-order chi connectivity index (χ0) is 16.8. The van der Waals surface area contributed by atoms with Crippen LogP contribution in [-0.2, 0) is 24.2 Å². The van der Waals surface area contributed by atoms with Crippen molar-refractivity contribution in [3.05, 3.63) is 18.2 Å². The number of primary sulfonamides is 1. The van der Waals surface area contributed by atoms with Gasteiger partial charge in [0.2, 0.25) is 15.8 Å². The number of nitrogens with zero attached hydrogens (tertiary/aromatic N) is 2. The van der Waals surface area contributed by atoms with Gasteiger partial charge in [-0.3, -0.25) is 0 Å². The lowest BCUT2D eigenvalue weighted by Gasteiger charge is -2.38. The van der Waals surface area contributed by atoms with Crippen molar-refractivity contribution in [2.75, 3.05) is 62.4 Å². The summed E-state index contributed by atoms with van der Waals surface area (Å²) in [6.45, 7) is 4.78. The second kappa shape index (κ2) is 5.85. The fourth-order valence-electron chi connectivity index (χ4n) is 3.32. The van der Waals surface area contributed by atoms with Gasteiger partial charge in [0.15, 0.2) is 0 Å². The van der Waals surface area contributed by atoms with E-state index < -0.39 is 15.8 Å². The van der Waals surface area contributed by atoms with Gasteiger partial charge in [0.1, 0.15) is 11.5 Å². The van der Waals surface area contributed by atoms with Crippen LogP contribution in [0.3, 0.4) is 0 Å². The molecule has 1 atom stereocenters. The number of hydrogen-bond acceptors (Lipinski definition) is 7. The van der Waals surface area contributed by atoms with Crippen molar-refractivity contribution >= 4 is 21.4 Å². The summed E-state index contributed by atoms with van der Waals surface area (Å²) in [7, 11) is -3.84. The van der Waals surface area contributed by atoms with Gasteiger partial charge in [0.05, 0.1) is 37.7 Å². The number of morpholine rings is 2. The Kier molecular flexibility index (Phi) is 3.92. The zero-order valence-corrected chi connectivity index (χ0v) is 14.1. The SMILES string of the molecule is NS(=O)(=O)c1cccc(N2CCOCC2)c1N1CCOC2(CO2)C1. The van der Waals surface area contributed by atoms with Gasteiger partial charge in [-0.25, -0.2) is 13.6 Å². The Morgan fingerprint density at radius 3 is 2.42 bits per heavy atom. The van der Waals surface area contributed by atoms with Crippen molar-refractivity contribution in [2.24, 2.45) is 5.14 Å². The Morgan fingerprint density at radius 2 is 1.75 bits per heavy atom. The number of hydrogen-bond donors (Lipinski definition) is 1. The van der Waals surface area contributed by atoms with Gasteiger partial charge in [0.25, 0.3) is 0 Å². The van der Waals surface area contributed by atoms with Crippen LogP contribution in [-0.4, -0.2) is 66.8 Å². The van der Waals surface area contributed by atoms with E-state index in [-0.39, 0.29) is 4.90 Å². The molecule has 3 heterocycles. The monoisotopic (exact) mass is 355 g/mol. The molecular formula is C15H21N3O5S. The highest BCUT2D eigenvalue weighted by Crippen LogP contribution is 2.40. The van der Waals surface area contributed by atoms with Gasteiger partial charge in [0, 0.05) is 19.6 Å². The normalized spacial score (nSPS) is 27.5. The van der Waals surface area contributed by atoms with E-state index >= 15 is 0 Å². The predicted octanol–water partition coefficient (Wildman–Crippen LogP) is -0.266. The summed E-state index contributed by atoms with van der Waals surface area (Å²) in [5.74, 6) is -0.591. The molecule has 132 valence electrons. The third-order valence-corrected chi connectivity index (χ3v) is 5.52. The maximum atomic E-state index is 12.2. The van der Waals surface area contributed by atoms with Crippen LogP contribution in [0.1, 0.15) is 0 Å². The van der Waals surface area contributed by atoms with E-state index in [0.717, 1.165) is 5.69 Å². The second-order valence-corrected chi connectivity index (χ2v) is 7.77. The molecule has 3 saturated heterocycles. The Bertz CT molecular complexity index is 729. The molecule has 3 aliphatic rings. The molecule has 1 aromatic carbocycles. The van der Waals surface area contributed by atoms with E-state index in [1.165, 1.54) is 0 Å². The molecule has 1 aromatic rings. The predicted molar refractivity (Wildman–Crippen MR) is 87.7 cm³/mol. The molecule has 8 nitrogen and oxygen atoms in total. The number of benzene rings is 1. The lowest BCUT2D eigenvalue weighted by atomic mass is 10.1. The van der Waals surface area contributed by atoms with Gasteiger partial charge in [-0.2, -0.15) is 0 Å². The van der Waals surface area contributed by atoms with E-state index in [2.05, 4.69) is 4.90 Å². The third kappa shape index (κ3) is 2.98. The lowest BCUT2D eigenvalue weighted by molar-refractivity contribution is -0.0519. The van der Waals surface area contributed by atoms with Crippen molar-refractivity contribution in [3.63, 3.8) is 0 Å². The number of ether oxygens (including phenoxy) is 3. The van der Waals surface area contributed by atoms with Crippen molar-refractivity contribution in [1.29, 1.82) is 0 Å². The summed E-state index contributed by atoms with van der Waals surface area (Å²) in [6, 6.07) is 5.23. The van der Waals surface area contributed by atoms with Crippen molar-refractivity contribution < 1.29 is 22.6 Å². The molecule has 0 saturated carbocycles. The fourth-order valence-corrected chi connectivity index (χ4v) is 4.09. The molecule has 0 amide bonds. The second-order valence-electron chi connectivity index (χ2n) is 6.24. The van der Waals surface area contributed by atoms with E-state index in [0.29, 0.717) is 58.3 Å². The Morgan fingerprint density at radius 1 is 1.04 bits per heavy atom. The number of nitrogens with two attached hydrogens (primary N) is 1. The average molecular weight is 355 g/mol. The van der Waals surface area contributed by atoms with Gasteiger partial charge in [-0.1, -0.05) is 6.07 Å². The first-order chi connectivity index (χ1) is 11.5. The lowest BCUT2D eigenvalue weighted by Crippen LogP contribution is -2.46. The highest BCUT2D eigenvalue weighted by molar-refractivity contribution is 7.89. The summed E-state index contributed by atoms with van der Waals surface area (Å²) < 4.78 is 40.8. The van der Waals surface area contributed by atoms with Crippen LogP contribution >= 0.6 is 0 Å². The molecule has 4 rings (SSSR count). The fraction of sp³-hybridized carbons (Fsp3) is 0.600. The van der Waals surface area contributed by atoms with Gasteiger partial charge < -0.3 is 24.0 Å². The van der Waals surface area contributed by atoms with Crippen molar-refractivity contribution in [1.82, 2.24) is 0 Å². The van der Waals surface area contributed by atoms with Gasteiger partial charge in [-0.15, -0.1) is 0 Å². The number of sulfonamides is 1. The molecule has 0 bridgehead atoms. The van der Waals surface area contributed by atoms with Crippen LogP contribution in [0.5, 0.6) is 0 Å². The molecule has 0 radical (unpaired) electrons. The molecule has 3 aliphatic heterocycles. The molecule has 2 N–H and O–H groups in total. The molecule has 3 fully saturated rings. The van der Waals surface area contributed by atoms with Crippen LogP contribution in [0.2, 0.25) is 0 Å². The van der Waals surface area contributed by atoms with Crippen molar-refractivity contribution in [2.45, 2.75) is 10.7 Å². The standard InChI is InChI=1S/C15H21N3O5S/c16-24(19,20)13-3-1-2-12(17-4-7-21-8-5-17)14(13)18-6-9-22-15(10-18)11-23-15/h1-3H,4-11H2,(H2,16,19,20). The average Bonchev–Trinajstić information content (AvgIpc) is 3.32. The summed E-state index contributed by atoms with van der Waals surface area (Å²) in [5.41, 5.74) is 1.50. The molecule has 1 spiro atoms. The van der Waals surface area contributed by atoms with E-state index in [1.54, 1.807) is 12.1 Å². The van der Waals surface area contributed by atoms with E-state index in [4.69, 9.17) is 19.3 Å². The first kappa shape index (κ1) is 16.1. The summed E-state index contributed by atoms with van der Waals surface area (Å²) in [6.07, 6.45) is 0. The Balaban J connectivity index is 1.78. The molecular weight excluding hydrogens is 334 g/mol. The van der Waals surface area contributed by atoms with E-state index in [9.17, 15) is 8.42 Å².